The molecule has 5 aliphatic heterocycles. The first-order valence-electron chi connectivity index (χ1n) is 46.5. The number of fused-ring (bicyclic) bond motifs is 10. The van der Waals surface area contributed by atoms with E-state index in [1.54, 1.807) is 12.5 Å². The number of amides is 8. The van der Waals surface area contributed by atoms with E-state index in [1.165, 1.54) is 46.9 Å². The summed E-state index contributed by atoms with van der Waals surface area (Å²) in [6, 6.07) is 18.7. The van der Waals surface area contributed by atoms with Crippen molar-refractivity contribution in [3.63, 3.8) is 0 Å². The van der Waals surface area contributed by atoms with Crippen LogP contribution in [0.5, 0.6) is 6.01 Å². The number of aryl methyl sites for hydroxylation is 2. The van der Waals surface area contributed by atoms with E-state index in [0.29, 0.717) is 101 Å². The van der Waals surface area contributed by atoms with Crippen LogP contribution in [0.1, 0.15) is 77.0 Å². The predicted octanol–water partition coefficient (Wildman–Crippen LogP) is 12.5. The summed E-state index contributed by atoms with van der Waals surface area (Å²) < 4.78 is 55.9. The number of methoxy groups -OCH3 is 1. The second-order valence-corrected chi connectivity index (χ2v) is 39.2. The second-order valence-electron chi connectivity index (χ2n) is 37.7. The third kappa shape index (κ3) is 19.5. The van der Waals surface area contributed by atoms with Crippen molar-refractivity contribution in [2.24, 2.45) is 59.2 Å². The summed E-state index contributed by atoms with van der Waals surface area (Å²) in [4.78, 5) is 137. The molecule has 13 aromatic heterocycles. The van der Waals surface area contributed by atoms with Gasteiger partial charge in [0, 0.05) is 249 Å². The second kappa shape index (κ2) is 39.2. The summed E-state index contributed by atoms with van der Waals surface area (Å²) in [6.45, 7) is 10.0. The minimum absolute atomic E-state index is 0.0233. The molecule has 0 bridgehead atoms. The summed E-state index contributed by atoms with van der Waals surface area (Å²) in [7, 11) is 12.1. The lowest BCUT2D eigenvalue weighted by Gasteiger charge is -2.29. The first-order chi connectivity index (χ1) is 65.8. The molecule has 718 valence electrons. The highest BCUT2D eigenvalue weighted by molar-refractivity contribution is 7.10. The molecule has 9 N–H and O–H groups in total. The van der Waals surface area contributed by atoms with Gasteiger partial charge < -0.3 is 93.8 Å². The van der Waals surface area contributed by atoms with Crippen LogP contribution in [0.25, 0.3) is 55.2 Å². The van der Waals surface area contributed by atoms with E-state index in [-0.39, 0.29) is 54.5 Å². The van der Waals surface area contributed by atoms with E-state index in [9.17, 15) is 37.1 Å². The fourth-order valence-electron chi connectivity index (χ4n) is 22.9. The maximum absolute atomic E-state index is 12.6. The topological polar surface area (TPSA) is 431 Å². The molecular weight excluding hydrogens is 1790 g/mol. The fraction of sp³-hybridized carbons (Fsp3) is 0.511. The summed E-state index contributed by atoms with van der Waals surface area (Å²) in [5, 5.41) is 28.5. The van der Waals surface area contributed by atoms with Gasteiger partial charge in [-0.15, -0.1) is 4.37 Å². The predicted molar refractivity (Wildman–Crippen MR) is 512 cm³/mol. The van der Waals surface area contributed by atoms with Crippen molar-refractivity contribution in [2.45, 2.75) is 121 Å². The molecule has 18 heterocycles. The lowest BCUT2D eigenvalue weighted by molar-refractivity contribution is -0.162. The van der Waals surface area contributed by atoms with Crippen molar-refractivity contribution in [1.29, 1.82) is 0 Å². The summed E-state index contributed by atoms with van der Waals surface area (Å²) in [5.74, 6) is 7.27. The SMILES string of the molecule is CCn1cc(NC(=O)N2C[C@H]3CC(N(C)c4ncnc5[nH]ccc45)C[C@H]3C2)cn1.CN(c1ccnc2[nH]ccc12)C1C[C@@H]2CN(C(=O)CO)C[C@@H]2C1.CN(c1ncnc2[nH]ccc12)C1C[C@@H]2CN(C(=O)OCC(F)(F)F)C[C@@H]2C1.COc1nsc(NC(=O)N2C[C@H]3CC(N(C)c4ccnc5[nH]ccc45)C[C@H]3C2)n1.Cc1nsc(NC(=O)N2C[C@H]3CC(N(C)c4ccnc5[nH]ccc45)C[C@H]3C2)n1. The number of aliphatic hydroxyl groups is 1. The Labute approximate surface area is 789 Å². The molecule has 15 atom stereocenters. The first kappa shape index (κ1) is 91.8. The third-order valence-electron chi connectivity index (χ3n) is 29.9. The van der Waals surface area contributed by atoms with Crippen LogP contribution in [0, 0.1) is 66.1 Å². The number of anilines is 8. The van der Waals surface area contributed by atoms with Crippen molar-refractivity contribution in [2.75, 3.05) is 161 Å². The Morgan fingerprint density at radius 3 is 1.15 bits per heavy atom. The normalized spacial score (nSPS) is 24.4. The molecule has 0 aromatic carbocycles. The van der Waals surface area contributed by atoms with Gasteiger partial charge in [-0.25, -0.2) is 59.0 Å². The molecule has 8 amide bonds. The van der Waals surface area contributed by atoms with Crippen LogP contribution < -0.4 is 45.2 Å². The molecule has 10 aliphatic rings. The van der Waals surface area contributed by atoms with Gasteiger partial charge in [-0.1, -0.05) is 0 Å². The number of alkyl halides is 3. The Kier molecular flexibility index (Phi) is 26.5. The number of nitrogens with zero attached hydrogens (tertiary/aromatic N) is 23. The summed E-state index contributed by atoms with van der Waals surface area (Å²) in [6.07, 6.45) is 26.9. The Morgan fingerprint density at radius 2 is 0.801 bits per heavy atom. The van der Waals surface area contributed by atoms with Crippen LogP contribution in [0.15, 0.2) is 123 Å². The van der Waals surface area contributed by atoms with Gasteiger partial charge in [-0.05, 0) is 186 Å². The van der Waals surface area contributed by atoms with Crippen molar-refractivity contribution < 1.29 is 51.7 Å². The van der Waals surface area contributed by atoms with Crippen LogP contribution in [-0.2, 0) is 16.1 Å². The van der Waals surface area contributed by atoms with Crippen LogP contribution in [0.2, 0.25) is 0 Å². The zero-order valence-electron chi connectivity index (χ0n) is 77.0. The monoisotopic (exact) mass is 1900 g/mol. The molecule has 23 rings (SSSR count). The number of halogens is 3. The quantitative estimate of drug-likeness (QED) is 0.0409. The highest BCUT2D eigenvalue weighted by atomic mass is 32.1. The molecule has 5 saturated heterocycles. The Bertz CT molecular complexity index is 6160. The smallest absolute Gasteiger partial charge is 0.422 e. The average Bonchev–Trinajstić information content (AvgIpc) is 1.65. The molecule has 5 unspecified atom stereocenters. The van der Waals surface area contributed by atoms with Crippen LogP contribution >= 0.6 is 23.1 Å². The van der Waals surface area contributed by atoms with Gasteiger partial charge in [0.15, 0.2) is 6.61 Å². The number of carbonyl (C=O) groups is 5. The van der Waals surface area contributed by atoms with Crippen molar-refractivity contribution in [1.82, 2.24) is 113 Å². The lowest BCUT2D eigenvalue weighted by Crippen LogP contribution is -2.36. The van der Waals surface area contributed by atoms with E-state index < -0.39 is 18.9 Å². The van der Waals surface area contributed by atoms with Gasteiger partial charge in [-0.2, -0.15) is 27.6 Å². The third-order valence-corrected chi connectivity index (χ3v) is 31.2. The van der Waals surface area contributed by atoms with Crippen LogP contribution in [0.4, 0.5) is 77.0 Å². The highest BCUT2D eigenvalue weighted by Crippen LogP contribution is 2.48. The van der Waals surface area contributed by atoms with E-state index in [4.69, 9.17) is 9.84 Å². The molecule has 5 saturated carbocycles. The maximum atomic E-state index is 12.6. The molecule has 136 heavy (non-hydrogen) atoms. The van der Waals surface area contributed by atoms with Crippen LogP contribution in [-0.4, -0.2) is 305 Å². The minimum Gasteiger partial charge on any atom is -0.466 e. The Balaban J connectivity index is 0.000000109. The Hall–Kier alpha value is -13.3. The molecule has 13 aromatic rings. The number of rotatable bonds is 17. The number of hydrogen-bond acceptors (Lipinski definition) is 27. The van der Waals surface area contributed by atoms with E-state index in [0.717, 1.165) is 207 Å². The average molecular weight is 1900 g/mol. The Morgan fingerprint density at radius 1 is 0.456 bits per heavy atom. The molecular formula is C92H114F3N31O8S2. The number of carbonyl (C=O) groups excluding carboxylic acids is 5. The van der Waals surface area contributed by atoms with Gasteiger partial charge in [0.25, 0.3) is 0 Å². The molecule has 39 nitrogen and oxygen atoms in total. The number of urea groups is 3. The highest BCUT2D eigenvalue weighted by Gasteiger charge is 2.50. The maximum Gasteiger partial charge on any atom is 0.422 e. The van der Waals surface area contributed by atoms with Crippen molar-refractivity contribution >= 4 is 153 Å². The van der Waals surface area contributed by atoms with Gasteiger partial charge in [0.05, 0.1) is 29.8 Å². The molecule has 44 heteroatoms. The summed E-state index contributed by atoms with van der Waals surface area (Å²) in [5.41, 5.74) is 8.82. The molecule has 5 aliphatic carbocycles. The molecule has 10 fully saturated rings. The minimum atomic E-state index is -4.50. The van der Waals surface area contributed by atoms with Crippen LogP contribution in [0.3, 0.4) is 0 Å². The number of H-pyrrole nitrogens is 5. The summed E-state index contributed by atoms with van der Waals surface area (Å²) >= 11 is 2.35. The van der Waals surface area contributed by atoms with E-state index in [2.05, 4.69) is 193 Å². The first-order valence-corrected chi connectivity index (χ1v) is 48.1. The van der Waals surface area contributed by atoms with Gasteiger partial charge in [-0.3, -0.25) is 20.1 Å². The lowest BCUT2D eigenvalue weighted by atomic mass is 10.0. The number of aromatic amines is 5. The van der Waals surface area contributed by atoms with Crippen molar-refractivity contribution in [3.8, 4) is 6.01 Å². The number of hydrogen-bond donors (Lipinski definition) is 9. The zero-order valence-corrected chi connectivity index (χ0v) is 78.6. The van der Waals surface area contributed by atoms with E-state index >= 15 is 0 Å². The number of likely N-dealkylation sites (tertiary alicyclic amines) is 5. The number of pyridine rings is 3. The zero-order chi connectivity index (χ0) is 94.3. The largest absolute Gasteiger partial charge is 0.466 e. The van der Waals surface area contributed by atoms with Gasteiger partial charge >= 0.3 is 36.4 Å². The number of aromatic nitrogens is 18. The molecule has 0 radical (unpaired) electrons. The fourth-order valence-corrected chi connectivity index (χ4v) is 24.0. The van der Waals surface area contributed by atoms with Gasteiger partial charge in [0.1, 0.15) is 65.0 Å². The number of aliphatic hydroxyl groups excluding tert-OH is 1. The number of nitrogens with one attached hydrogen (secondary N) is 8. The van der Waals surface area contributed by atoms with Crippen molar-refractivity contribution in [3.05, 3.63) is 129 Å². The molecule has 0 spiro atoms. The number of ether oxygens (including phenoxy) is 2. The van der Waals surface area contributed by atoms with E-state index in [1.807, 2.05) is 113 Å². The standard InChI is InChI=1S/C20H26N8O.C19H23N7O2S.C19H23N7OS.C17H20F3N5O2.C17H22N4O2/c1-3-28-11-15(8-24-28)25-20(29)27-9-13-6-16(7-14(13)10-27)26(2)19-17-4-5-21-18(17)22-12-23-19;1-25(15-4-6-21-16-14(15)3-5-20-16)13-7-11-9-26(10-12(11)8-13)19(27)23-18-22-17(28-2)24-29-18;1-11-22-18(28-24-11)23-19(27)26-9-12-7-14(8-13(12)10-26)25(2)16-4-6-21-17-15(16)3-5-20-17;1-24(15-13-2-3-21-14(13)22-9-23-15)12-4-10-6-25(7-11(10)5-12)16(26)27-8-17(18,19)20;1-20(15-3-5-19-17-14(15)2-4-18-17)13-6-11-8-21(16(23)10-22)9-12(11)7-13/h4-5,8,11-14,16H,3,6-7,9-10H2,1-2H3,(H,25,29)(H,21,22,23);3-6,11-13H,7-10H2,1-2H3,(H,20,21)(H,22,23,24,27);3-6,12-14H,7-10H2,1-2H3,(H,20,21)(H,22,23,24,27);2-3,9-12H,4-8H2,1H3,(H,21,22,23);2-5,11-13,22H,6-10H2,1H3,(H,18,19)/t13-,14+,16?;11-,12+,13?;12-,13+,14?;10-,11+,12?;11-,12+,13?. The van der Waals surface area contributed by atoms with Gasteiger partial charge in [0.2, 0.25) is 16.2 Å².